The SMILES string of the molecule is CCC(Cl)C1NO1. The van der Waals surface area contributed by atoms with Crippen LogP contribution in [-0.2, 0) is 4.84 Å². The number of hydroxylamine groups is 1. The molecule has 42 valence electrons. The fraction of sp³-hybridized carbons (Fsp3) is 1.00. The molecule has 1 fully saturated rings. The largest absolute Gasteiger partial charge is 0.277 e. The standard InChI is InChI=1S/C4H8ClNO/c1-2-3(5)4-6-7-4/h3-4,6H,2H2,1H3. The van der Waals surface area contributed by atoms with Gasteiger partial charge in [-0.25, -0.2) is 0 Å². The van der Waals surface area contributed by atoms with E-state index in [0.717, 1.165) is 6.42 Å². The van der Waals surface area contributed by atoms with E-state index in [4.69, 9.17) is 11.6 Å². The van der Waals surface area contributed by atoms with Crippen LogP contribution in [0.5, 0.6) is 0 Å². The van der Waals surface area contributed by atoms with Crippen LogP contribution in [0.4, 0.5) is 0 Å². The van der Waals surface area contributed by atoms with Crippen LogP contribution in [0.3, 0.4) is 0 Å². The van der Waals surface area contributed by atoms with Crippen LogP contribution in [0.2, 0.25) is 0 Å². The van der Waals surface area contributed by atoms with E-state index in [1.54, 1.807) is 0 Å². The van der Waals surface area contributed by atoms with E-state index >= 15 is 0 Å². The molecule has 1 saturated heterocycles. The van der Waals surface area contributed by atoms with Crippen LogP contribution in [-0.4, -0.2) is 11.6 Å². The summed E-state index contributed by atoms with van der Waals surface area (Å²) in [6.07, 6.45) is 1.09. The van der Waals surface area contributed by atoms with Gasteiger partial charge in [0.15, 0.2) is 6.23 Å². The van der Waals surface area contributed by atoms with Crippen molar-refractivity contribution >= 4 is 11.6 Å². The van der Waals surface area contributed by atoms with E-state index < -0.39 is 0 Å². The molecule has 7 heavy (non-hydrogen) atoms. The fourth-order valence-corrected chi connectivity index (χ4v) is 0.504. The van der Waals surface area contributed by atoms with Crippen LogP contribution in [0.15, 0.2) is 0 Å². The van der Waals surface area contributed by atoms with Crippen LogP contribution in [0.25, 0.3) is 0 Å². The van der Waals surface area contributed by atoms with Crippen molar-refractivity contribution in [3.63, 3.8) is 0 Å². The topological polar surface area (TPSA) is 34.5 Å². The summed E-state index contributed by atoms with van der Waals surface area (Å²) in [6.45, 7) is 2.03. The van der Waals surface area contributed by atoms with E-state index in [1.807, 2.05) is 6.92 Å². The number of halogens is 1. The van der Waals surface area contributed by atoms with Gasteiger partial charge in [-0.2, -0.15) is 5.48 Å². The summed E-state index contributed by atoms with van der Waals surface area (Å²) in [5, 5.41) is 0.153. The number of hydrogen-bond acceptors (Lipinski definition) is 2. The third-order valence-corrected chi connectivity index (χ3v) is 1.51. The lowest BCUT2D eigenvalue weighted by Gasteiger charge is -1.94. The summed E-state index contributed by atoms with van der Waals surface area (Å²) in [5.41, 5.74) is 2.65. The first kappa shape index (κ1) is 5.35. The summed E-state index contributed by atoms with van der Waals surface area (Å²) in [4.78, 5) is 4.68. The van der Waals surface area contributed by atoms with Gasteiger partial charge >= 0.3 is 0 Å². The quantitative estimate of drug-likeness (QED) is 0.435. The average Bonchev–Trinajstić information content (AvgIpc) is 2.44. The van der Waals surface area contributed by atoms with Gasteiger partial charge in [0, 0.05) is 0 Å². The first-order valence-electron chi connectivity index (χ1n) is 2.40. The first-order chi connectivity index (χ1) is 3.34. The molecule has 0 bridgehead atoms. The third-order valence-electron chi connectivity index (χ3n) is 0.972. The lowest BCUT2D eigenvalue weighted by molar-refractivity contribution is 0.364. The third kappa shape index (κ3) is 1.30. The molecule has 3 heteroatoms. The van der Waals surface area contributed by atoms with E-state index in [0.29, 0.717) is 0 Å². The molecule has 1 rings (SSSR count). The first-order valence-corrected chi connectivity index (χ1v) is 2.83. The fourth-order valence-electron chi connectivity index (χ4n) is 0.401. The molecule has 0 spiro atoms. The van der Waals surface area contributed by atoms with Crippen molar-refractivity contribution in [2.24, 2.45) is 0 Å². The van der Waals surface area contributed by atoms with Gasteiger partial charge in [0.05, 0.1) is 5.38 Å². The van der Waals surface area contributed by atoms with E-state index in [2.05, 4.69) is 10.3 Å². The molecule has 0 aliphatic carbocycles. The number of nitrogens with one attached hydrogen (secondary N) is 1. The number of alkyl halides is 1. The zero-order valence-corrected chi connectivity index (χ0v) is 4.90. The monoisotopic (exact) mass is 121 g/mol. The Morgan fingerprint density at radius 1 is 2.00 bits per heavy atom. The molecule has 0 aromatic carbocycles. The Labute approximate surface area is 47.7 Å². The van der Waals surface area contributed by atoms with E-state index in [9.17, 15) is 0 Å². The number of hydrogen-bond donors (Lipinski definition) is 1. The van der Waals surface area contributed by atoms with Gasteiger partial charge in [0.2, 0.25) is 0 Å². The van der Waals surface area contributed by atoms with Crippen LogP contribution >= 0.6 is 11.6 Å². The number of rotatable bonds is 2. The van der Waals surface area contributed by atoms with Crippen LogP contribution in [0, 0.1) is 0 Å². The minimum absolute atomic E-state index is 0.131. The molecule has 1 aliphatic heterocycles. The Kier molecular flexibility index (Phi) is 1.52. The van der Waals surface area contributed by atoms with Gasteiger partial charge < -0.3 is 0 Å². The summed E-state index contributed by atoms with van der Waals surface area (Å²) in [7, 11) is 0. The Morgan fingerprint density at radius 3 is 2.71 bits per heavy atom. The highest BCUT2D eigenvalue weighted by Crippen LogP contribution is 2.14. The van der Waals surface area contributed by atoms with Crippen LogP contribution < -0.4 is 5.48 Å². The van der Waals surface area contributed by atoms with Gasteiger partial charge in [-0.3, -0.25) is 4.84 Å². The predicted octanol–water partition coefficient (Wildman–Crippen LogP) is 0.865. The molecule has 0 aromatic rings. The lowest BCUT2D eigenvalue weighted by Crippen LogP contribution is -2.07. The molecule has 0 amide bonds. The lowest BCUT2D eigenvalue weighted by atomic mass is 10.3. The second kappa shape index (κ2) is 1.99. The Hall–Kier alpha value is 0.210. The minimum atomic E-state index is 0.131. The summed E-state index contributed by atoms with van der Waals surface area (Å²) in [5.74, 6) is 0. The zero-order valence-electron chi connectivity index (χ0n) is 4.15. The highest BCUT2D eigenvalue weighted by molar-refractivity contribution is 6.21. The van der Waals surface area contributed by atoms with Crippen LogP contribution in [0.1, 0.15) is 13.3 Å². The maximum absolute atomic E-state index is 5.68. The van der Waals surface area contributed by atoms with Crippen molar-refractivity contribution in [1.82, 2.24) is 5.48 Å². The average molecular weight is 122 g/mol. The van der Waals surface area contributed by atoms with Gasteiger partial charge in [-0.1, -0.05) is 6.92 Å². The van der Waals surface area contributed by atoms with Crippen molar-refractivity contribution in [1.29, 1.82) is 0 Å². The van der Waals surface area contributed by atoms with Gasteiger partial charge in [0.1, 0.15) is 0 Å². The molecule has 1 N–H and O–H groups in total. The Morgan fingerprint density at radius 2 is 2.57 bits per heavy atom. The van der Waals surface area contributed by atoms with E-state index in [1.165, 1.54) is 0 Å². The normalized spacial score (nSPS) is 32.6. The van der Waals surface area contributed by atoms with E-state index in [-0.39, 0.29) is 11.6 Å². The summed E-state index contributed by atoms with van der Waals surface area (Å²) in [6, 6.07) is 0. The molecular formula is C4H8ClNO. The maximum Gasteiger partial charge on any atom is 0.167 e. The van der Waals surface area contributed by atoms with Crippen molar-refractivity contribution < 1.29 is 4.84 Å². The highest BCUT2D eigenvalue weighted by atomic mass is 35.5. The summed E-state index contributed by atoms with van der Waals surface area (Å²) < 4.78 is 0. The molecule has 0 aromatic heterocycles. The Bertz CT molecular complexity index is 64.7. The minimum Gasteiger partial charge on any atom is -0.277 e. The summed E-state index contributed by atoms with van der Waals surface area (Å²) >= 11 is 5.68. The maximum atomic E-state index is 5.68. The molecule has 2 nitrogen and oxygen atoms in total. The molecule has 0 radical (unpaired) electrons. The zero-order chi connectivity index (χ0) is 5.28. The molecule has 2 unspecified atom stereocenters. The molecular weight excluding hydrogens is 114 g/mol. The predicted molar refractivity (Wildman–Crippen MR) is 27.9 cm³/mol. The van der Waals surface area contributed by atoms with Crippen molar-refractivity contribution in [3.05, 3.63) is 0 Å². The second-order valence-electron chi connectivity index (χ2n) is 1.58. The van der Waals surface area contributed by atoms with Crippen molar-refractivity contribution in [2.45, 2.75) is 24.9 Å². The Balaban J connectivity index is 2.10. The van der Waals surface area contributed by atoms with Gasteiger partial charge in [0.25, 0.3) is 0 Å². The van der Waals surface area contributed by atoms with Gasteiger partial charge in [-0.15, -0.1) is 11.6 Å². The smallest absolute Gasteiger partial charge is 0.167 e. The van der Waals surface area contributed by atoms with Crippen molar-refractivity contribution in [3.8, 4) is 0 Å². The second-order valence-corrected chi connectivity index (χ2v) is 2.14. The van der Waals surface area contributed by atoms with Crippen molar-refractivity contribution in [2.75, 3.05) is 0 Å². The molecule has 1 aliphatic rings. The molecule has 2 atom stereocenters. The van der Waals surface area contributed by atoms with Gasteiger partial charge in [-0.05, 0) is 6.42 Å². The highest BCUT2D eigenvalue weighted by Gasteiger charge is 2.29. The molecule has 1 heterocycles. The molecule has 0 saturated carbocycles.